The van der Waals surface area contributed by atoms with Crippen LogP contribution in [0.5, 0.6) is 0 Å². The Labute approximate surface area is 119 Å². The van der Waals surface area contributed by atoms with E-state index >= 15 is 0 Å². The smallest absolute Gasteiger partial charge is 0.242 e. The molecule has 0 saturated heterocycles. The standard InChI is InChI=1S/C10H8Cl2N2O2S2/c11-9-3-8(5-13-10(9)12)18(15,16)14-4-7-1-2-17-6-7/h1-3,5-6,14H,4H2. The number of nitrogens with zero attached hydrogens (tertiary/aromatic N) is 1. The van der Waals surface area contributed by atoms with Crippen LogP contribution in [0.25, 0.3) is 0 Å². The number of rotatable bonds is 4. The summed E-state index contributed by atoms with van der Waals surface area (Å²) >= 11 is 12.9. The van der Waals surface area contributed by atoms with Gasteiger partial charge in [0.1, 0.15) is 10.0 Å². The first-order valence-electron chi connectivity index (χ1n) is 4.81. The fraction of sp³-hybridized carbons (Fsp3) is 0.100. The molecule has 1 N–H and O–H groups in total. The Balaban J connectivity index is 2.17. The van der Waals surface area contributed by atoms with Crippen molar-refractivity contribution in [2.75, 3.05) is 0 Å². The first-order chi connectivity index (χ1) is 8.49. The van der Waals surface area contributed by atoms with Gasteiger partial charge >= 0.3 is 0 Å². The average molecular weight is 323 g/mol. The topological polar surface area (TPSA) is 59.1 Å². The number of hydrogen-bond acceptors (Lipinski definition) is 4. The summed E-state index contributed by atoms with van der Waals surface area (Å²) in [5, 5.41) is 3.93. The van der Waals surface area contributed by atoms with Crippen LogP contribution in [0.4, 0.5) is 0 Å². The number of aromatic nitrogens is 1. The predicted molar refractivity (Wildman–Crippen MR) is 72.6 cm³/mol. The van der Waals surface area contributed by atoms with Crippen LogP contribution < -0.4 is 4.72 Å². The van der Waals surface area contributed by atoms with Gasteiger partial charge in [-0.2, -0.15) is 11.3 Å². The molecule has 0 spiro atoms. The van der Waals surface area contributed by atoms with E-state index in [4.69, 9.17) is 23.2 Å². The third-order valence-electron chi connectivity index (χ3n) is 2.13. The molecule has 96 valence electrons. The van der Waals surface area contributed by atoms with Crippen molar-refractivity contribution in [2.45, 2.75) is 11.4 Å². The summed E-state index contributed by atoms with van der Waals surface area (Å²) in [6.45, 7) is 0.228. The van der Waals surface area contributed by atoms with E-state index in [0.717, 1.165) is 5.56 Å². The van der Waals surface area contributed by atoms with Crippen LogP contribution in [0.2, 0.25) is 10.2 Å². The van der Waals surface area contributed by atoms with Gasteiger partial charge in [-0.3, -0.25) is 0 Å². The van der Waals surface area contributed by atoms with E-state index < -0.39 is 10.0 Å². The zero-order valence-electron chi connectivity index (χ0n) is 8.93. The SMILES string of the molecule is O=S(=O)(NCc1ccsc1)c1cnc(Cl)c(Cl)c1. The molecule has 0 amide bonds. The molecule has 0 aliphatic carbocycles. The molecule has 18 heavy (non-hydrogen) atoms. The van der Waals surface area contributed by atoms with E-state index in [1.807, 2.05) is 16.8 Å². The second kappa shape index (κ2) is 5.54. The number of nitrogens with one attached hydrogen (secondary N) is 1. The van der Waals surface area contributed by atoms with Crippen molar-refractivity contribution in [3.05, 3.63) is 44.8 Å². The maximum absolute atomic E-state index is 11.9. The van der Waals surface area contributed by atoms with Gasteiger partial charge in [-0.15, -0.1) is 0 Å². The molecule has 4 nitrogen and oxygen atoms in total. The summed E-state index contributed by atoms with van der Waals surface area (Å²) < 4.78 is 26.3. The average Bonchev–Trinajstić information content (AvgIpc) is 2.83. The number of hydrogen-bond donors (Lipinski definition) is 1. The Hall–Kier alpha value is -0.660. The molecule has 8 heteroatoms. The number of pyridine rings is 1. The van der Waals surface area contributed by atoms with E-state index in [1.54, 1.807) is 0 Å². The molecule has 0 aliphatic heterocycles. The largest absolute Gasteiger partial charge is 0.242 e. The van der Waals surface area contributed by atoms with E-state index in [2.05, 4.69) is 9.71 Å². The van der Waals surface area contributed by atoms with E-state index in [1.165, 1.54) is 23.6 Å². The van der Waals surface area contributed by atoms with E-state index in [9.17, 15) is 8.42 Å². The minimum Gasteiger partial charge on any atom is -0.242 e. The lowest BCUT2D eigenvalue weighted by atomic mass is 10.4. The van der Waals surface area contributed by atoms with Crippen LogP contribution in [0.15, 0.2) is 34.0 Å². The van der Waals surface area contributed by atoms with Crippen LogP contribution in [-0.2, 0) is 16.6 Å². The second-order valence-corrected chi connectivity index (χ2v) is 6.71. The summed E-state index contributed by atoms with van der Waals surface area (Å²) in [6, 6.07) is 3.12. The van der Waals surface area contributed by atoms with Crippen molar-refractivity contribution in [1.82, 2.24) is 9.71 Å². The summed E-state index contributed by atoms with van der Waals surface area (Å²) in [5.41, 5.74) is 0.900. The van der Waals surface area contributed by atoms with Gasteiger partial charge in [0.25, 0.3) is 0 Å². The fourth-order valence-corrected chi connectivity index (χ4v) is 3.20. The zero-order valence-corrected chi connectivity index (χ0v) is 12.1. The van der Waals surface area contributed by atoms with E-state index in [-0.39, 0.29) is 21.6 Å². The third-order valence-corrected chi connectivity index (χ3v) is 4.91. The minimum absolute atomic E-state index is 0.00729. The predicted octanol–water partition coefficient (Wildman–Crippen LogP) is 2.93. The molecule has 0 radical (unpaired) electrons. The quantitative estimate of drug-likeness (QED) is 0.880. The molecule has 2 rings (SSSR count). The van der Waals surface area contributed by atoms with E-state index in [0.29, 0.717) is 0 Å². The minimum atomic E-state index is -3.63. The Kier molecular flexibility index (Phi) is 4.24. The van der Waals surface area contributed by atoms with Crippen molar-refractivity contribution in [3.63, 3.8) is 0 Å². The molecule has 2 aromatic rings. The summed E-state index contributed by atoms with van der Waals surface area (Å²) in [6.07, 6.45) is 1.17. The van der Waals surface area contributed by atoms with Crippen molar-refractivity contribution in [3.8, 4) is 0 Å². The van der Waals surface area contributed by atoms with Gasteiger partial charge < -0.3 is 0 Å². The maximum Gasteiger partial charge on any atom is 0.242 e. The molecule has 2 heterocycles. The molecule has 0 fully saturated rings. The van der Waals surface area contributed by atoms with Gasteiger partial charge in [0.2, 0.25) is 10.0 Å². The molecule has 0 aliphatic rings. The molecule has 0 unspecified atom stereocenters. The monoisotopic (exact) mass is 322 g/mol. The van der Waals surface area contributed by atoms with Crippen molar-refractivity contribution in [1.29, 1.82) is 0 Å². The molecular weight excluding hydrogens is 315 g/mol. The lowest BCUT2D eigenvalue weighted by Gasteiger charge is -2.06. The van der Waals surface area contributed by atoms with Gasteiger partial charge in [0.15, 0.2) is 0 Å². The lowest BCUT2D eigenvalue weighted by molar-refractivity contribution is 0.581. The normalized spacial score (nSPS) is 11.7. The number of sulfonamides is 1. The first-order valence-corrected chi connectivity index (χ1v) is 7.99. The Morgan fingerprint density at radius 3 is 2.78 bits per heavy atom. The van der Waals surface area contributed by atoms with Crippen LogP contribution in [0, 0.1) is 0 Å². The highest BCUT2D eigenvalue weighted by Crippen LogP contribution is 2.22. The highest BCUT2D eigenvalue weighted by molar-refractivity contribution is 7.89. The molecule has 0 atom stereocenters. The molecule has 0 aromatic carbocycles. The van der Waals surface area contributed by atoms with Gasteiger partial charge in [-0.1, -0.05) is 23.2 Å². The van der Waals surface area contributed by atoms with Gasteiger partial charge in [0, 0.05) is 12.7 Å². The van der Waals surface area contributed by atoms with Gasteiger partial charge in [0.05, 0.1) is 5.02 Å². The Morgan fingerprint density at radius 1 is 1.39 bits per heavy atom. The number of halogens is 2. The molecule has 2 aromatic heterocycles. The summed E-state index contributed by atoms with van der Waals surface area (Å²) in [5.74, 6) is 0. The van der Waals surface area contributed by atoms with Gasteiger partial charge in [-0.25, -0.2) is 18.1 Å². The lowest BCUT2D eigenvalue weighted by Crippen LogP contribution is -2.23. The zero-order chi connectivity index (χ0) is 13.2. The molecule has 0 bridgehead atoms. The summed E-state index contributed by atoms with van der Waals surface area (Å²) in [7, 11) is -3.63. The van der Waals surface area contributed by atoms with Crippen LogP contribution >= 0.6 is 34.5 Å². The van der Waals surface area contributed by atoms with Crippen LogP contribution in [0.3, 0.4) is 0 Å². The highest BCUT2D eigenvalue weighted by Gasteiger charge is 2.16. The van der Waals surface area contributed by atoms with Crippen molar-refractivity contribution < 1.29 is 8.42 Å². The van der Waals surface area contributed by atoms with Crippen molar-refractivity contribution >= 4 is 44.6 Å². The highest BCUT2D eigenvalue weighted by atomic mass is 35.5. The van der Waals surface area contributed by atoms with Gasteiger partial charge in [-0.05, 0) is 28.5 Å². The summed E-state index contributed by atoms with van der Waals surface area (Å²) in [4.78, 5) is 3.70. The number of thiophene rings is 1. The fourth-order valence-electron chi connectivity index (χ4n) is 1.21. The van der Waals surface area contributed by atoms with Crippen LogP contribution in [0.1, 0.15) is 5.56 Å². The van der Waals surface area contributed by atoms with Crippen LogP contribution in [-0.4, -0.2) is 13.4 Å². The molecular formula is C10H8Cl2N2O2S2. The Bertz CT molecular complexity index is 642. The second-order valence-electron chi connectivity index (χ2n) is 3.40. The maximum atomic E-state index is 11.9. The van der Waals surface area contributed by atoms with Crippen molar-refractivity contribution in [2.24, 2.45) is 0 Å². The molecule has 0 saturated carbocycles. The Morgan fingerprint density at radius 2 is 2.17 bits per heavy atom. The third kappa shape index (κ3) is 3.21. The first kappa shape index (κ1) is 13.8.